The average molecular weight is 256 g/mol. The largest absolute Gasteiger partial charge is 0.478 e. The number of aliphatic hydroxyl groups excluding tert-OH is 1. The van der Waals surface area contributed by atoms with Crippen molar-refractivity contribution in [3.8, 4) is 0 Å². The molecule has 2 fully saturated rings. The fourth-order valence-corrected chi connectivity index (χ4v) is 2.69. The Morgan fingerprint density at radius 1 is 1.56 bits per heavy atom. The van der Waals surface area contributed by atoms with Crippen LogP contribution in [-0.4, -0.2) is 57.9 Å². The maximum atomic E-state index is 11.1. The number of aliphatic carboxylic acids is 1. The molecule has 3 N–H and O–H groups in total. The van der Waals surface area contributed by atoms with E-state index in [2.05, 4.69) is 13.2 Å². The predicted octanol–water partition coefficient (Wildman–Crippen LogP) is -0.537. The third-order valence-corrected chi connectivity index (χ3v) is 3.58. The number of fused-ring (bicyclic) bond motifs is 1. The van der Waals surface area contributed by atoms with Crippen molar-refractivity contribution in [2.75, 3.05) is 13.2 Å². The average Bonchev–Trinajstić information content (AvgIpc) is 2.78. The lowest BCUT2D eigenvalue weighted by molar-refractivity contribution is -0.138. The lowest BCUT2D eigenvalue weighted by Crippen LogP contribution is -2.53. The Bertz CT molecular complexity index is 405. The van der Waals surface area contributed by atoms with Crippen molar-refractivity contribution in [3.05, 3.63) is 24.8 Å². The molecule has 2 heterocycles. The lowest BCUT2D eigenvalue weighted by atomic mass is 9.79. The molecule has 0 unspecified atom stereocenters. The van der Waals surface area contributed by atoms with E-state index in [9.17, 15) is 15.0 Å². The van der Waals surface area contributed by atoms with Crippen molar-refractivity contribution < 1.29 is 29.6 Å². The quantitative estimate of drug-likeness (QED) is 0.462. The summed E-state index contributed by atoms with van der Waals surface area (Å²) in [6.07, 6.45) is -0.442. The van der Waals surface area contributed by atoms with E-state index >= 15 is 0 Å². The van der Waals surface area contributed by atoms with Gasteiger partial charge < -0.3 is 24.8 Å². The molecule has 100 valence electrons. The van der Waals surface area contributed by atoms with Crippen molar-refractivity contribution in [2.24, 2.45) is 0 Å². The topological polar surface area (TPSA) is 96.2 Å². The summed E-state index contributed by atoms with van der Waals surface area (Å²) in [6, 6.07) is 0. The van der Waals surface area contributed by atoms with Crippen molar-refractivity contribution in [1.82, 2.24) is 0 Å². The molecule has 0 aromatic heterocycles. The molecular formula is C12H16O6. The molecule has 0 spiro atoms. The van der Waals surface area contributed by atoms with Crippen LogP contribution in [-0.2, 0) is 14.3 Å². The SMILES string of the molecule is C=CC[C@@]1(O)CO[C@]2(C(=C)C(=O)O)[C@@H]1OC[C@@H]2O. The van der Waals surface area contributed by atoms with Gasteiger partial charge in [0.1, 0.15) is 17.8 Å². The van der Waals surface area contributed by atoms with Gasteiger partial charge in [-0.25, -0.2) is 4.79 Å². The van der Waals surface area contributed by atoms with Gasteiger partial charge in [-0.2, -0.15) is 0 Å². The van der Waals surface area contributed by atoms with Gasteiger partial charge in [-0.3, -0.25) is 0 Å². The van der Waals surface area contributed by atoms with Crippen LogP contribution in [0.4, 0.5) is 0 Å². The van der Waals surface area contributed by atoms with E-state index in [4.69, 9.17) is 14.6 Å². The van der Waals surface area contributed by atoms with Gasteiger partial charge in [0, 0.05) is 0 Å². The summed E-state index contributed by atoms with van der Waals surface area (Å²) in [5.74, 6) is -1.28. The number of hydrogen-bond acceptors (Lipinski definition) is 5. The number of hydrogen-bond donors (Lipinski definition) is 3. The highest BCUT2D eigenvalue weighted by atomic mass is 16.6. The number of rotatable bonds is 4. The van der Waals surface area contributed by atoms with Crippen LogP contribution in [0.2, 0.25) is 0 Å². The lowest BCUT2D eigenvalue weighted by Gasteiger charge is -2.32. The van der Waals surface area contributed by atoms with Crippen LogP contribution < -0.4 is 0 Å². The Hall–Kier alpha value is -1.21. The zero-order valence-electron chi connectivity index (χ0n) is 9.83. The van der Waals surface area contributed by atoms with Crippen LogP contribution in [0.1, 0.15) is 6.42 Å². The van der Waals surface area contributed by atoms with Crippen LogP contribution in [0.25, 0.3) is 0 Å². The molecule has 0 radical (unpaired) electrons. The summed E-state index contributed by atoms with van der Waals surface area (Å²) < 4.78 is 10.7. The summed E-state index contributed by atoms with van der Waals surface area (Å²) in [5.41, 5.74) is -3.28. The fourth-order valence-electron chi connectivity index (χ4n) is 2.69. The van der Waals surface area contributed by atoms with E-state index in [0.29, 0.717) is 0 Å². The standard InChI is InChI=1S/C12H16O6/c1-3-4-11(16)6-18-12(7(2)9(14)15)8(13)5-17-10(11)12/h3,8,10,13,16H,1-2,4-6H2,(H,14,15)/t8-,10+,11+,12-/m0/s1. The maximum Gasteiger partial charge on any atom is 0.334 e. The van der Waals surface area contributed by atoms with Crippen LogP contribution in [0, 0.1) is 0 Å². The highest BCUT2D eigenvalue weighted by molar-refractivity contribution is 5.89. The van der Waals surface area contributed by atoms with Gasteiger partial charge in [-0.05, 0) is 6.42 Å². The van der Waals surface area contributed by atoms with Crippen LogP contribution in [0.5, 0.6) is 0 Å². The molecule has 6 nitrogen and oxygen atoms in total. The zero-order chi connectivity index (χ0) is 13.6. The summed E-state index contributed by atoms with van der Waals surface area (Å²) in [6.45, 7) is 6.74. The number of carbonyl (C=O) groups is 1. The van der Waals surface area contributed by atoms with Crippen molar-refractivity contribution in [1.29, 1.82) is 0 Å². The van der Waals surface area contributed by atoms with Gasteiger partial charge in [-0.15, -0.1) is 6.58 Å². The maximum absolute atomic E-state index is 11.1. The van der Waals surface area contributed by atoms with Crippen molar-refractivity contribution in [2.45, 2.75) is 29.8 Å². The third-order valence-electron chi connectivity index (χ3n) is 3.58. The third kappa shape index (κ3) is 1.54. The van der Waals surface area contributed by atoms with E-state index in [0.717, 1.165) is 0 Å². The molecule has 0 aromatic rings. The van der Waals surface area contributed by atoms with Crippen molar-refractivity contribution >= 4 is 5.97 Å². The zero-order valence-corrected chi connectivity index (χ0v) is 9.83. The molecule has 0 saturated carbocycles. The minimum absolute atomic E-state index is 0.101. The fraction of sp³-hybridized carbons (Fsp3) is 0.583. The normalized spacial score (nSPS) is 42.6. The van der Waals surface area contributed by atoms with Crippen LogP contribution >= 0.6 is 0 Å². The second-order valence-electron chi connectivity index (χ2n) is 4.69. The molecule has 0 aromatic carbocycles. The monoisotopic (exact) mass is 256 g/mol. The number of ether oxygens (including phenoxy) is 2. The Kier molecular flexibility index (Phi) is 3.06. The minimum Gasteiger partial charge on any atom is -0.478 e. The second kappa shape index (κ2) is 4.17. The molecule has 2 rings (SSSR count). The highest BCUT2D eigenvalue weighted by Gasteiger charge is 2.67. The van der Waals surface area contributed by atoms with Gasteiger partial charge in [0.05, 0.1) is 18.8 Å². The second-order valence-corrected chi connectivity index (χ2v) is 4.69. The first-order valence-corrected chi connectivity index (χ1v) is 5.58. The summed E-state index contributed by atoms with van der Waals surface area (Å²) in [4.78, 5) is 11.1. The van der Waals surface area contributed by atoms with E-state index in [1.807, 2.05) is 0 Å². The van der Waals surface area contributed by atoms with Gasteiger partial charge in [-0.1, -0.05) is 12.7 Å². The highest BCUT2D eigenvalue weighted by Crippen LogP contribution is 2.48. The van der Waals surface area contributed by atoms with E-state index in [1.54, 1.807) is 0 Å². The van der Waals surface area contributed by atoms with E-state index < -0.39 is 29.4 Å². The Balaban J connectivity index is 2.41. The van der Waals surface area contributed by atoms with Crippen molar-refractivity contribution in [3.63, 3.8) is 0 Å². The van der Waals surface area contributed by atoms with Crippen LogP contribution in [0.3, 0.4) is 0 Å². The molecule has 6 heteroatoms. The van der Waals surface area contributed by atoms with Gasteiger partial charge in [0.15, 0.2) is 5.60 Å². The molecule has 0 bridgehead atoms. The molecule has 2 aliphatic heterocycles. The first kappa shape index (κ1) is 13.2. The molecule has 0 aliphatic carbocycles. The van der Waals surface area contributed by atoms with Gasteiger partial charge >= 0.3 is 5.97 Å². The minimum atomic E-state index is -1.58. The first-order chi connectivity index (χ1) is 8.38. The smallest absolute Gasteiger partial charge is 0.334 e. The number of carboxylic acid groups (broad SMARTS) is 1. The molecule has 4 atom stereocenters. The molecule has 2 aliphatic rings. The van der Waals surface area contributed by atoms with E-state index in [1.165, 1.54) is 6.08 Å². The molecule has 0 amide bonds. The summed E-state index contributed by atoms with van der Waals surface area (Å²) in [7, 11) is 0. The summed E-state index contributed by atoms with van der Waals surface area (Å²) in [5, 5.41) is 29.4. The van der Waals surface area contributed by atoms with Gasteiger partial charge in [0.2, 0.25) is 0 Å². The van der Waals surface area contributed by atoms with Gasteiger partial charge in [0.25, 0.3) is 0 Å². The van der Waals surface area contributed by atoms with E-state index in [-0.39, 0.29) is 25.2 Å². The number of aliphatic hydroxyl groups is 2. The molecular weight excluding hydrogens is 240 g/mol. The number of carboxylic acids is 1. The Morgan fingerprint density at radius 3 is 2.78 bits per heavy atom. The first-order valence-electron chi connectivity index (χ1n) is 5.58. The Labute approximate surface area is 104 Å². The Morgan fingerprint density at radius 2 is 2.22 bits per heavy atom. The molecule has 2 saturated heterocycles. The predicted molar refractivity (Wildman–Crippen MR) is 61.0 cm³/mol. The summed E-state index contributed by atoms with van der Waals surface area (Å²) >= 11 is 0. The van der Waals surface area contributed by atoms with Crippen LogP contribution in [0.15, 0.2) is 24.8 Å². The molecule has 18 heavy (non-hydrogen) atoms.